The monoisotopic (exact) mass is 691 g/mol. The van der Waals surface area contributed by atoms with Gasteiger partial charge < -0.3 is 19.1 Å². The molecule has 1 aromatic heterocycles. The Bertz CT molecular complexity index is 1650. The number of nitrogens with one attached hydrogen (secondary N) is 1. The highest BCUT2D eigenvalue weighted by molar-refractivity contribution is 5.90. The number of ether oxygens (including phenoxy) is 3. The van der Waals surface area contributed by atoms with E-state index in [1.807, 2.05) is 37.3 Å². The molecule has 3 atom stereocenters. The summed E-state index contributed by atoms with van der Waals surface area (Å²) in [6.07, 6.45) is -7.74. The molecule has 1 N–H and O–H groups in total. The number of halogens is 6. The molecule has 262 valence electrons. The van der Waals surface area contributed by atoms with Gasteiger partial charge in [0.05, 0.1) is 48.5 Å². The maximum absolute atomic E-state index is 13.7. The first-order valence-corrected chi connectivity index (χ1v) is 15.5. The summed E-state index contributed by atoms with van der Waals surface area (Å²) in [7, 11) is 1.44. The normalized spacial score (nSPS) is 19.3. The van der Waals surface area contributed by atoms with Crippen LogP contribution in [0.25, 0.3) is 0 Å². The molecule has 15 heteroatoms. The van der Waals surface area contributed by atoms with Crippen LogP contribution in [0.3, 0.4) is 0 Å². The number of methoxy groups -OCH3 is 1. The minimum Gasteiger partial charge on any atom is -0.486 e. The Morgan fingerprint density at radius 1 is 0.959 bits per heavy atom. The summed E-state index contributed by atoms with van der Waals surface area (Å²) < 4.78 is 99.0. The molecule has 49 heavy (non-hydrogen) atoms. The van der Waals surface area contributed by atoms with E-state index < -0.39 is 48.4 Å². The number of aliphatic imine (C=N–C) groups is 1. The molecule has 0 radical (unpaired) electrons. The number of nitrogens with zero attached hydrogens (tertiary/aromatic N) is 4. The van der Waals surface area contributed by atoms with Gasteiger partial charge in [0, 0.05) is 24.9 Å². The number of pyridine rings is 1. The zero-order chi connectivity index (χ0) is 35.3. The Kier molecular flexibility index (Phi) is 10.7. The van der Waals surface area contributed by atoms with E-state index >= 15 is 0 Å². The van der Waals surface area contributed by atoms with Crippen molar-refractivity contribution in [3.8, 4) is 5.88 Å². The fraction of sp³-hybridized carbons (Fsp3) is 0.382. The minimum atomic E-state index is -5.01. The van der Waals surface area contributed by atoms with E-state index in [4.69, 9.17) is 14.2 Å². The number of benzene rings is 2. The standard InChI is InChI=1S/C34H35F6N5O4/c1-4-25-16-27(30-28(11-12-29(43-30)47-3)45(25)32(46)48-5-2)42-31-41-17-26(49-20-21-9-7-6-8-10-21)19-44(31)18-22-13-23(33(35,36)37)15-24(14-22)34(38,39)40/h6-15,17,19,25,27,31,42H,4-5,16,18,20H2,1-3H3/t25-,27+,31?/m1/s1. The molecular formula is C34H35F6N5O4. The molecule has 5 rings (SSSR count). The Labute approximate surface area is 279 Å². The number of aromatic nitrogens is 1. The SMILES string of the molecule is CCOC(=O)N1c2ccc(OC)nc2[C@@H](NC2N=CC(OCc3ccccc3)=CN2Cc2cc(C(F)(F)F)cc(C(F)(F)F)c2)C[C@H]1CC. The van der Waals surface area contributed by atoms with Crippen LogP contribution < -0.4 is 15.0 Å². The highest BCUT2D eigenvalue weighted by Gasteiger charge is 2.40. The second kappa shape index (κ2) is 14.8. The van der Waals surface area contributed by atoms with Gasteiger partial charge in [-0.2, -0.15) is 26.3 Å². The van der Waals surface area contributed by atoms with E-state index in [0.717, 1.165) is 5.56 Å². The predicted octanol–water partition coefficient (Wildman–Crippen LogP) is 7.83. The molecule has 3 heterocycles. The zero-order valence-corrected chi connectivity index (χ0v) is 26.9. The highest BCUT2D eigenvalue weighted by Crippen LogP contribution is 2.40. The van der Waals surface area contributed by atoms with Crippen LogP contribution in [0.2, 0.25) is 0 Å². The second-order valence-electron chi connectivity index (χ2n) is 11.4. The van der Waals surface area contributed by atoms with Gasteiger partial charge >= 0.3 is 18.4 Å². The molecule has 0 spiro atoms. The van der Waals surface area contributed by atoms with Crippen molar-refractivity contribution in [1.29, 1.82) is 0 Å². The number of allylic oxidation sites excluding steroid dienone is 1. The molecule has 0 saturated heterocycles. The number of amides is 1. The molecule has 0 fully saturated rings. The van der Waals surface area contributed by atoms with Gasteiger partial charge in [0.2, 0.25) is 5.88 Å². The van der Waals surface area contributed by atoms with E-state index in [1.54, 1.807) is 19.1 Å². The molecule has 2 aliphatic heterocycles. The quantitative estimate of drug-likeness (QED) is 0.217. The second-order valence-corrected chi connectivity index (χ2v) is 11.4. The summed E-state index contributed by atoms with van der Waals surface area (Å²) >= 11 is 0. The van der Waals surface area contributed by atoms with Crippen LogP contribution in [0, 0.1) is 0 Å². The summed E-state index contributed by atoms with van der Waals surface area (Å²) in [5.41, 5.74) is -1.35. The summed E-state index contributed by atoms with van der Waals surface area (Å²) in [5.74, 6) is 0.516. The first-order valence-electron chi connectivity index (χ1n) is 15.5. The predicted molar refractivity (Wildman–Crippen MR) is 168 cm³/mol. The number of hydrogen-bond acceptors (Lipinski definition) is 8. The van der Waals surface area contributed by atoms with E-state index in [9.17, 15) is 31.1 Å². The van der Waals surface area contributed by atoms with Crippen LogP contribution in [0.5, 0.6) is 5.88 Å². The van der Waals surface area contributed by atoms with E-state index in [-0.39, 0.29) is 42.5 Å². The van der Waals surface area contributed by atoms with Crippen molar-refractivity contribution in [1.82, 2.24) is 15.2 Å². The number of fused-ring (bicyclic) bond motifs is 1. The van der Waals surface area contributed by atoms with Gasteiger partial charge in [-0.05, 0) is 55.2 Å². The minimum absolute atomic E-state index is 0.0933. The van der Waals surface area contributed by atoms with Crippen molar-refractivity contribution in [3.63, 3.8) is 0 Å². The van der Waals surface area contributed by atoms with Gasteiger partial charge in [0.1, 0.15) is 6.61 Å². The van der Waals surface area contributed by atoms with Crippen LogP contribution in [-0.2, 0) is 35.0 Å². The number of carbonyl (C=O) groups excluding carboxylic acids is 1. The van der Waals surface area contributed by atoms with Gasteiger partial charge in [0.25, 0.3) is 0 Å². The summed E-state index contributed by atoms with van der Waals surface area (Å²) in [6, 6.07) is 13.1. The average molecular weight is 692 g/mol. The Hall–Kier alpha value is -4.79. The van der Waals surface area contributed by atoms with Crippen molar-refractivity contribution in [3.05, 3.63) is 101 Å². The van der Waals surface area contributed by atoms with Gasteiger partial charge in [-0.25, -0.2) is 14.8 Å². The van der Waals surface area contributed by atoms with Crippen LogP contribution >= 0.6 is 0 Å². The molecule has 3 aromatic rings. The molecule has 0 bridgehead atoms. The van der Waals surface area contributed by atoms with Crippen molar-refractivity contribution in [2.75, 3.05) is 18.6 Å². The summed E-state index contributed by atoms with van der Waals surface area (Å²) in [6.45, 7) is 3.52. The van der Waals surface area contributed by atoms with Crippen LogP contribution in [0.1, 0.15) is 60.7 Å². The van der Waals surface area contributed by atoms with Crippen molar-refractivity contribution in [2.45, 2.75) is 70.6 Å². The zero-order valence-electron chi connectivity index (χ0n) is 26.9. The van der Waals surface area contributed by atoms with E-state index in [2.05, 4.69) is 15.3 Å². The van der Waals surface area contributed by atoms with Crippen molar-refractivity contribution >= 4 is 18.0 Å². The molecule has 2 aliphatic rings. The molecule has 0 saturated carbocycles. The lowest BCUT2D eigenvalue weighted by Crippen LogP contribution is -2.51. The average Bonchev–Trinajstić information content (AvgIpc) is 3.07. The maximum Gasteiger partial charge on any atom is 0.416 e. The fourth-order valence-corrected chi connectivity index (χ4v) is 5.73. The number of alkyl halides is 6. The van der Waals surface area contributed by atoms with Crippen LogP contribution in [-0.4, -0.2) is 48.2 Å². The molecule has 9 nitrogen and oxygen atoms in total. The third-order valence-electron chi connectivity index (χ3n) is 8.05. The fourth-order valence-electron chi connectivity index (χ4n) is 5.73. The third kappa shape index (κ3) is 8.45. The molecule has 2 aromatic carbocycles. The lowest BCUT2D eigenvalue weighted by atomic mass is 9.93. The lowest BCUT2D eigenvalue weighted by Gasteiger charge is -2.41. The van der Waals surface area contributed by atoms with Crippen LogP contribution in [0.4, 0.5) is 36.8 Å². The lowest BCUT2D eigenvalue weighted by molar-refractivity contribution is -0.143. The van der Waals surface area contributed by atoms with Gasteiger partial charge in [-0.15, -0.1) is 0 Å². The van der Waals surface area contributed by atoms with E-state index in [0.29, 0.717) is 36.4 Å². The Morgan fingerprint density at radius 2 is 1.65 bits per heavy atom. The topological polar surface area (TPSA) is 88.5 Å². The third-order valence-corrected chi connectivity index (χ3v) is 8.05. The van der Waals surface area contributed by atoms with Crippen molar-refractivity contribution in [2.24, 2.45) is 4.99 Å². The van der Waals surface area contributed by atoms with Crippen molar-refractivity contribution < 1.29 is 45.3 Å². The largest absolute Gasteiger partial charge is 0.486 e. The molecule has 1 amide bonds. The highest BCUT2D eigenvalue weighted by atomic mass is 19.4. The first-order chi connectivity index (χ1) is 23.3. The Balaban J connectivity index is 1.51. The molecular weight excluding hydrogens is 656 g/mol. The number of hydrogen-bond donors (Lipinski definition) is 1. The summed E-state index contributed by atoms with van der Waals surface area (Å²) in [4.78, 5) is 25.2. The number of rotatable bonds is 10. The maximum atomic E-state index is 13.7. The van der Waals surface area contributed by atoms with Gasteiger partial charge in [-0.1, -0.05) is 37.3 Å². The van der Waals surface area contributed by atoms with Crippen LogP contribution in [0.15, 0.2) is 77.6 Å². The Morgan fingerprint density at radius 3 is 2.27 bits per heavy atom. The first kappa shape index (κ1) is 35.5. The van der Waals surface area contributed by atoms with E-state index in [1.165, 1.54) is 29.3 Å². The molecule has 1 unspecified atom stereocenters. The number of carbonyl (C=O) groups is 1. The summed E-state index contributed by atoms with van der Waals surface area (Å²) in [5, 5.41) is 3.36. The van der Waals surface area contributed by atoms with Gasteiger partial charge in [0.15, 0.2) is 12.0 Å². The smallest absolute Gasteiger partial charge is 0.416 e. The van der Waals surface area contributed by atoms with Gasteiger partial charge in [-0.3, -0.25) is 10.2 Å². The number of anilines is 1. The molecule has 0 aliphatic carbocycles.